The standard InChI is InChI=1S/C23H31NO5/c1-12-24-23(18(28)11-25)19(29-12)9-16-15-5-4-13-8-14(26)6-7-21(13,2)20(15)17(27)10-22(16,23)3/h6-8,15-20,25,27-28H,4-5,9-11H2,1-3H3/t15-,16-,17-,18-,19+,20+,21-,22-,23+/m0/s1. The average molecular weight is 402 g/mol. The lowest BCUT2D eigenvalue weighted by Crippen LogP contribution is -2.63. The molecule has 6 nitrogen and oxygen atoms in total. The number of fused-ring (bicyclic) bond motifs is 7. The lowest BCUT2D eigenvalue weighted by atomic mass is 9.45. The van der Waals surface area contributed by atoms with Crippen molar-refractivity contribution in [3.05, 3.63) is 23.8 Å². The van der Waals surface area contributed by atoms with E-state index in [1.165, 1.54) is 0 Å². The fourth-order valence-electron chi connectivity index (χ4n) is 7.99. The van der Waals surface area contributed by atoms with Gasteiger partial charge in [-0.25, -0.2) is 4.99 Å². The quantitative estimate of drug-likeness (QED) is 0.655. The Morgan fingerprint density at radius 3 is 2.86 bits per heavy atom. The fraction of sp³-hybridized carbons (Fsp3) is 0.739. The van der Waals surface area contributed by atoms with Gasteiger partial charge in [0.1, 0.15) is 17.7 Å². The van der Waals surface area contributed by atoms with E-state index >= 15 is 0 Å². The largest absolute Gasteiger partial charge is 0.475 e. The molecule has 0 aromatic heterocycles. The number of carbonyl (C=O) groups is 1. The van der Waals surface area contributed by atoms with Gasteiger partial charge in [0.05, 0.1) is 12.7 Å². The maximum atomic E-state index is 11.9. The molecule has 0 amide bonds. The van der Waals surface area contributed by atoms with E-state index in [1.807, 2.05) is 6.08 Å². The molecule has 158 valence electrons. The third kappa shape index (κ3) is 2.23. The second-order valence-corrected chi connectivity index (χ2v) is 10.2. The molecule has 0 saturated heterocycles. The van der Waals surface area contributed by atoms with Crippen LogP contribution in [0.4, 0.5) is 0 Å². The van der Waals surface area contributed by atoms with Gasteiger partial charge in [-0.1, -0.05) is 25.5 Å². The average Bonchev–Trinajstić information content (AvgIpc) is 3.12. The normalized spacial score (nSPS) is 51.2. The summed E-state index contributed by atoms with van der Waals surface area (Å²) in [5.74, 6) is 1.08. The summed E-state index contributed by atoms with van der Waals surface area (Å²) < 4.78 is 6.06. The molecule has 3 fully saturated rings. The molecule has 4 aliphatic carbocycles. The molecule has 6 heteroatoms. The first-order valence-electron chi connectivity index (χ1n) is 10.8. The van der Waals surface area contributed by atoms with Crippen LogP contribution in [0.15, 0.2) is 28.8 Å². The minimum Gasteiger partial charge on any atom is -0.475 e. The number of allylic oxidation sites excluding steroid dienone is 4. The van der Waals surface area contributed by atoms with Crippen molar-refractivity contribution < 1.29 is 24.9 Å². The molecular formula is C23H31NO5. The molecule has 0 bridgehead atoms. The Kier molecular flexibility index (Phi) is 4.04. The minimum atomic E-state index is -1.02. The van der Waals surface area contributed by atoms with Crippen LogP contribution >= 0.6 is 0 Å². The van der Waals surface area contributed by atoms with E-state index < -0.39 is 23.2 Å². The van der Waals surface area contributed by atoms with Crippen LogP contribution in [0.1, 0.15) is 46.5 Å². The van der Waals surface area contributed by atoms with Crippen LogP contribution in [0.25, 0.3) is 0 Å². The van der Waals surface area contributed by atoms with Crippen LogP contribution < -0.4 is 0 Å². The summed E-state index contributed by atoms with van der Waals surface area (Å²) in [7, 11) is 0. The Labute approximate surface area is 171 Å². The Balaban J connectivity index is 1.60. The van der Waals surface area contributed by atoms with E-state index in [-0.39, 0.29) is 41.7 Å². The predicted molar refractivity (Wildman–Crippen MR) is 107 cm³/mol. The molecule has 5 aliphatic rings. The number of aliphatic imine (C=N–C) groups is 1. The van der Waals surface area contributed by atoms with E-state index in [4.69, 9.17) is 9.73 Å². The summed E-state index contributed by atoms with van der Waals surface area (Å²) in [6.07, 6.45) is 6.53. The van der Waals surface area contributed by atoms with E-state index in [9.17, 15) is 20.1 Å². The topological polar surface area (TPSA) is 99.4 Å². The van der Waals surface area contributed by atoms with Gasteiger partial charge in [-0.15, -0.1) is 0 Å². The number of aliphatic hydroxyl groups excluding tert-OH is 3. The number of nitrogens with zero attached hydrogens (tertiary/aromatic N) is 1. The Morgan fingerprint density at radius 1 is 1.38 bits per heavy atom. The summed E-state index contributed by atoms with van der Waals surface area (Å²) in [4.78, 5) is 16.7. The third-order valence-corrected chi connectivity index (χ3v) is 9.10. The number of ether oxygens (including phenoxy) is 1. The number of carbonyl (C=O) groups excluding carboxylic acids is 1. The molecule has 1 heterocycles. The summed E-state index contributed by atoms with van der Waals surface area (Å²) >= 11 is 0. The molecule has 3 saturated carbocycles. The molecule has 5 rings (SSSR count). The second kappa shape index (κ2) is 6.02. The molecule has 3 N–H and O–H groups in total. The highest BCUT2D eigenvalue weighted by atomic mass is 16.5. The van der Waals surface area contributed by atoms with E-state index in [1.54, 1.807) is 19.1 Å². The second-order valence-electron chi connectivity index (χ2n) is 10.2. The Bertz CT molecular complexity index is 848. The highest BCUT2D eigenvalue weighted by Crippen LogP contribution is 2.69. The zero-order valence-corrected chi connectivity index (χ0v) is 17.3. The van der Waals surface area contributed by atoms with Crippen molar-refractivity contribution in [1.82, 2.24) is 0 Å². The van der Waals surface area contributed by atoms with Gasteiger partial charge in [0, 0.05) is 23.7 Å². The zero-order valence-electron chi connectivity index (χ0n) is 17.3. The van der Waals surface area contributed by atoms with Gasteiger partial charge >= 0.3 is 0 Å². The first kappa shape index (κ1) is 19.5. The molecule has 0 spiro atoms. The minimum absolute atomic E-state index is 0.0251. The van der Waals surface area contributed by atoms with E-state index in [2.05, 4.69) is 13.8 Å². The number of aliphatic hydroxyl groups is 3. The molecule has 29 heavy (non-hydrogen) atoms. The first-order valence-corrected chi connectivity index (χ1v) is 10.8. The summed E-state index contributed by atoms with van der Waals surface area (Å²) in [6, 6.07) is 0. The van der Waals surface area contributed by atoms with Crippen molar-refractivity contribution >= 4 is 11.7 Å². The van der Waals surface area contributed by atoms with Gasteiger partial charge in [-0.2, -0.15) is 0 Å². The molecule has 1 aliphatic heterocycles. The van der Waals surface area contributed by atoms with E-state index in [0.717, 1.165) is 24.8 Å². The number of ketones is 1. The number of rotatable bonds is 2. The molecule has 0 aromatic rings. The smallest absolute Gasteiger partial charge is 0.181 e. The van der Waals surface area contributed by atoms with Crippen LogP contribution in [0.3, 0.4) is 0 Å². The summed E-state index contributed by atoms with van der Waals surface area (Å²) in [5.41, 5.74) is -0.581. The number of hydrogen-bond acceptors (Lipinski definition) is 6. The first-order chi connectivity index (χ1) is 13.7. The van der Waals surface area contributed by atoms with Gasteiger partial charge in [-0.3, -0.25) is 4.79 Å². The van der Waals surface area contributed by atoms with Gasteiger partial charge in [0.15, 0.2) is 11.7 Å². The maximum absolute atomic E-state index is 11.9. The van der Waals surface area contributed by atoms with Crippen molar-refractivity contribution in [2.24, 2.45) is 33.6 Å². The summed E-state index contributed by atoms with van der Waals surface area (Å²) in [5, 5.41) is 32.2. The van der Waals surface area contributed by atoms with Crippen LogP contribution in [0, 0.1) is 28.6 Å². The van der Waals surface area contributed by atoms with Crippen LogP contribution in [-0.4, -0.2) is 57.5 Å². The van der Waals surface area contributed by atoms with Crippen molar-refractivity contribution in [3.63, 3.8) is 0 Å². The van der Waals surface area contributed by atoms with Crippen LogP contribution in [-0.2, 0) is 9.53 Å². The Morgan fingerprint density at radius 2 is 2.14 bits per heavy atom. The van der Waals surface area contributed by atoms with Crippen molar-refractivity contribution in [2.75, 3.05) is 6.61 Å². The highest BCUT2D eigenvalue weighted by molar-refractivity contribution is 6.01. The number of hydrogen-bond donors (Lipinski definition) is 3. The molecule has 0 aromatic carbocycles. The predicted octanol–water partition coefficient (Wildman–Crippen LogP) is 1.78. The van der Waals surface area contributed by atoms with Crippen molar-refractivity contribution in [3.8, 4) is 0 Å². The van der Waals surface area contributed by atoms with Gasteiger partial charge in [0.25, 0.3) is 0 Å². The zero-order chi connectivity index (χ0) is 20.8. The van der Waals surface area contributed by atoms with E-state index in [0.29, 0.717) is 12.3 Å². The Hall–Kier alpha value is -1.50. The lowest BCUT2D eigenvalue weighted by molar-refractivity contribution is -0.140. The molecule has 0 unspecified atom stereocenters. The molecule has 0 radical (unpaired) electrons. The van der Waals surface area contributed by atoms with Gasteiger partial charge in [0.2, 0.25) is 0 Å². The molecular weight excluding hydrogens is 370 g/mol. The van der Waals surface area contributed by atoms with Gasteiger partial charge < -0.3 is 20.1 Å². The monoisotopic (exact) mass is 401 g/mol. The SMILES string of the molecule is CC1=N[C@]2([C@@H](O)CO)[C@@H](C[C@H]3[C@@H]4CCC5=CC(=O)C=C[C@]5(C)[C@H]4[C@@H](O)C[C@@]32C)O1. The third-order valence-electron chi connectivity index (χ3n) is 9.10. The summed E-state index contributed by atoms with van der Waals surface area (Å²) in [6.45, 7) is 5.69. The fourth-order valence-corrected chi connectivity index (χ4v) is 7.99. The lowest BCUT2D eigenvalue weighted by Gasteiger charge is -2.60. The maximum Gasteiger partial charge on any atom is 0.181 e. The van der Waals surface area contributed by atoms with Crippen LogP contribution in [0.5, 0.6) is 0 Å². The highest BCUT2D eigenvalue weighted by Gasteiger charge is 2.74. The van der Waals surface area contributed by atoms with Crippen LogP contribution in [0.2, 0.25) is 0 Å². The van der Waals surface area contributed by atoms with Gasteiger partial charge in [-0.05, 0) is 49.7 Å². The van der Waals surface area contributed by atoms with Crippen molar-refractivity contribution in [2.45, 2.75) is 70.3 Å². The molecule has 9 atom stereocenters. The van der Waals surface area contributed by atoms with Crippen molar-refractivity contribution in [1.29, 1.82) is 0 Å².